The second-order valence-corrected chi connectivity index (χ2v) is 8.04. The Morgan fingerprint density at radius 1 is 0.969 bits per heavy atom. The fourth-order valence-electron chi connectivity index (χ4n) is 3.86. The van der Waals surface area contributed by atoms with Crippen molar-refractivity contribution in [3.05, 3.63) is 70.3 Å². The van der Waals surface area contributed by atoms with Crippen molar-refractivity contribution in [2.45, 2.75) is 37.2 Å². The van der Waals surface area contributed by atoms with E-state index in [4.69, 9.17) is 0 Å². The molecule has 10 heteroatoms. The number of rotatable bonds is 4. The van der Waals surface area contributed by atoms with Gasteiger partial charge in [-0.15, -0.1) is 0 Å². The van der Waals surface area contributed by atoms with Crippen LogP contribution in [0.3, 0.4) is 0 Å². The number of carbonyl (C=O) groups excluding carboxylic acids is 2. The van der Waals surface area contributed by atoms with Crippen molar-refractivity contribution in [1.82, 2.24) is 10.6 Å². The molecule has 2 atom stereocenters. The lowest BCUT2D eigenvalue weighted by Crippen LogP contribution is -2.45. The standard InChI is InChI=1S/C22H18F6N2O2/c23-21(24,25)13-7-12(8-14(9-13)22(26,27)28)18-17(20(32)29-10-11-5-6-11)15-3-1-2-4-16(15)19(31)30-18/h1-4,7-9,11,17-18H,5-6,10H2,(H,29,32)(H,30,31). The van der Waals surface area contributed by atoms with Gasteiger partial charge in [-0.2, -0.15) is 26.3 Å². The molecule has 2 unspecified atom stereocenters. The van der Waals surface area contributed by atoms with Crippen LogP contribution in [0.1, 0.15) is 57.4 Å². The number of carbonyl (C=O) groups is 2. The average Bonchev–Trinajstić information content (AvgIpc) is 3.55. The van der Waals surface area contributed by atoms with Gasteiger partial charge in [-0.25, -0.2) is 0 Å². The molecule has 1 fully saturated rings. The summed E-state index contributed by atoms with van der Waals surface area (Å²) < 4.78 is 80.1. The quantitative estimate of drug-likeness (QED) is 0.649. The van der Waals surface area contributed by atoms with Gasteiger partial charge in [0.1, 0.15) is 0 Å². The molecule has 170 valence electrons. The van der Waals surface area contributed by atoms with E-state index in [2.05, 4.69) is 10.6 Å². The summed E-state index contributed by atoms with van der Waals surface area (Å²) in [4.78, 5) is 25.6. The van der Waals surface area contributed by atoms with E-state index in [0.29, 0.717) is 24.6 Å². The zero-order valence-electron chi connectivity index (χ0n) is 16.5. The van der Waals surface area contributed by atoms with E-state index in [1.165, 1.54) is 12.1 Å². The third-order valence-corrected chi connectivity index (χ3v) is 5.67. The largest absolute Gasteiger partial charge is 0.416 e. The number of halogens is 6. The normalized spacial score (nSPS) is 21.0. The zero-order chi connectivity index (χ0) is 23.3. The number of hydrogen-bond donors (Lipinski definition) is 2. The Bertz CT molecular complexity index is 1030. The first-order valence-corrected chi connectivity index (χ1v) is 9.92. The third-order valence-electron chi connectivity index (χ3n) is 5.67. The first-order chi connectivity index (χ1) is 14.9. The van der Waals surface area contributed by atoms with Crippen molar-refractivity contribution >= 4 is 11.8 Å². The lowest BCUT2D eigenvalue weighted by Gasteiger charge is -2.34. The Labute approximate surface area is 179 Å². The summed E-state index contributed by atoms with van der Waals surface area (Å²) in [6, 6.07) is 5.78. The molecule has 1 saturated carbocycles. The smallest absolute Gasteiger partial charge is 0.355 e. The van der Waals surface area contributed by atoms with Gasteiger partial charge in [0, 0.05) is 12.1 Å². The minimum absolute atomic E-state index is 0.0181. The van der Waals surface area contributed by atoms with Gasteiger partial charge in [-0.05, 0) is 54.2 Å². The summed E-state index contributed by atoms with van der Waals surface area (Å²) in [7, 11) is 0. The summed E-state index contributed by atoms with van der Waals surface area (Å²) in [5.41, 5.74) is -3.06. The number of benzene rings is 2. The second-order valence-electron chi connectivity index (χ2n) is 8.04. The molecule has 2 aliphatic rings. The Hall–Kier alpha value is -3.04. The maximum atomic E-state index is 13.4. The summed E-state index contributed by atoms with van der Waals surface area (Å²) in [6.07, 6.45) is -8.22. The Morgan fingerprint density at radius 3 is 2.12 bits per heavy atom. The Kier molecular flexibility index (Phi) is 5.42. The van der Waals surface area contributed by atoms with Crippen LogP contribution in [0.5, 0.6) is 0 Å². The van der Waals surface area contributed by atoms with Gasteiger partial charge in [0.25, 0.3) is 5.91 Å². The highest BCUT2D eigenvalue weighted by molar-refractivity contribution is 6.01. The van der Waals surface area contributed by atoms with Gasteiger partial charge in [0.05, 0.1) is 23.1 Å². The molecule has 1 heterocycles. The topological polar surface area (TPSA) is 58.2 Å². The minimum atomic E-state index is -5.05. The van der Waals surface area contributed by atoms with Crippen molar-refractivity contribution in [3.63, 3.8) is 0 Å². The highest BCUT2D eigenvalue weighted by Crippen LogP contribution is 2.42. The number of nitrogens with one attached hydrogen (secondary N) is 2. The maximum absolute atomic E-state index is 13.4. The molecule has 4 nitrogen and oxygen atoms in total. The summed E-state index contributed by atoms with van der Waals surface area (Å²) in [5.74, 6) is -2.13. The van der Waals surface area contributed by atoms with Crippen LogP contribution in [-0.4, -0.2) is 18.4 Å². The molecule has 0 saturated heterocycles. The minimum Gasteiger partial charge on any atom is -0.355 e. The number of amides is 2. The van der Waals surface area contributed by atoms with Gasteiger partial charge < -0.3 is 10.6 Å². The highest BCUT2D eigenvalue weighted by atomic mass is 19.4. The Balaban J connectivity index is 1.82. The van der Waals surface area contributed by atoms with Crippen LogP contribution < -0.4 is 10.6 Å². The first-order valence-electron chi connectivity index (χ1n) is 9.92. The molecule has 2 aromatic rings. The highest BCUT2D eigenvalue weighted by Gasteiger charge is 2.42. The van der Waals surface area contributed by atoms with Crippen LogP contribution in [0.2, 0.25) is 0 Å². The van der Waals surface area contributed by atoms with Crippen LogP contribution in [0, 0.1) is 5.92 Å². The first kappa shape index (κ1) is 22.2. The van der Waals surface area contributed by atoms with Crippen LogP contribution >= 0.6 is 0 Å². The van der Waals surface area contributed by atoms with Gasteiger partial charge in [-0.1, -0.05) is 18.2 Å². The van der Waals surface area contributed by atoms with Crippen LogP contribution in [0.15, 0.2) is 42.5 Å². The van der Waals surface area contributed by atoms with E-state index in [1.54, 1.807) is 12.1 Å². The van der Waals surface area contributed by atoms with Crippen molar-refractivity contribution in [2.24, 2.45) is 5.92 Å². The predicted molar refractivity (Wildman–Crippen MR) is 102 cm³/mol. The van der Waals surface area contributed by atoms with E-state index in [-0.39, 0.29) is 17.2 Å². The van der Waals surface area contributed by atoms with Gasteiger partial charge in [-0.3, -0.25) is 9.59 Å². The molecule has 1 aliphatic heterocycles. The van der Waals surface area contributed by atoms with E-state index in [1.807, 2.05) is 0 Å². The van der Waals surface area contributed by atoms with Crippen molar-refractivity contribution in [1.29, 1.82) is 0 Å². The monoisotopic (exact) mass is 456 g/mol. The maximum Gasteiger partial charge on any atom is 0.416 e. The van der Waals surface area contributed by atoms with Gasteiger partial charge >= 0.3 is 12.4 Å². The second kappa shape index (κ2) is 7.83. The molecule has 0 bridgehead atoms. The van der Waals surface area contributed by atoms with Crippen LogP contribution in [-0.2, 0) is 17.1 Å². The van der Waals surface area contributed by atoms with Crippen molar-refractivity contribution in [3.8, 4) is 0 Å². The molecule has 2 aromatic carbocycles. The molecule has 0 radical (unpaired) electrons. The molecule has 32 heavy (non-hydrogen) atoms. The predicted octanol–water partition coefficient (Wildman–Crippen LogP) is 4.82. The number of hydrogen-bond acceptors (Lipinski definition) is 2. The summed E-state index contributed by atoms with van der Waals surface area (Å²) in [5, 5.41) is 5.17. The summed E-state index contributed by atoms with van der Waals surface area (Å²) >= 11 is 0. The molecule has 4 rings (SSSR count). The summed E-state index contributed by atoms with van der Waals surface area (Å²) in [6.45, 7) is 0.356. The SMILES string of the molecule is O=C1NC(c2cc(C(F)(F)F)cc(C(F)(F)F)c2)C(C(=O)NCC2CC2)c2ccccc21. The molecule has 0 aromatic heterocycles. The molecular weight excluding hydrogens is 438 g/mol. The fraction of sp³-hybridized carbons (Fsp3) is 0.364. The molecule has 2 N–H and O–H groups in total. The van der Waals surface area contributed by atoms with Gasteiger partial charge in [0.15, 0.2) is 0 Å². The third kappa shape index (κ3) is 4.44. The number of alkyl halides is 6. The van der Waals surface area contributed by atoms with Crippen LogP contribution in [0.4, 0.5) is 26.3 Å². The molecular formula is C22H18F6N2O2. The zero-order valence-corrected chi connectivity index (χ0v) is 16.5. The van der Waals surface area contributed by atoms with Crippen molar-refractivity contribution < 1.29 is 35.9 Å². The Morgan fingerprint density at radius 2 is 1.56 bits per heavy atom. The number of fused-ring (bicyclic) bond motifs is 1. The molecule has 2 amide bonds. The van der Waals surface area contributed by atoms with E-state index >= 15 is 0 Å². The van der Waals surface area contributed by atoms with E-state index in [9.17, 15) is 35.9 Å². The molecule has 1 aliphatic carbocycles. The fourth-order valence-corrected chi connectivity index (χ4v) is 3.86. The van der Waals surface area contributed by atoms with Crippen molar-refractivity contribution in [2.75, 3.05) is 6.54 Å². The van der Waals surface area contributed by atoms with E-state index in [0.717, 1.165) is 12.8 Å². The van der Waals surface area contributed by atoms with E-state index < -0.39 is 52.8 Å². The lowest BCUT2D eigenvalue weighted by molar-refractivity contribution is -0.143. The van der Waals surface area contributed by atoms with Crippen LogP contribution in [0.25, 0.3) is 0 Å². The average molecular weight is 456 g/mol. The molecule has 0 spiro atoms. The van der Waals surface area contributed by atoms with Gasteiger partial charge in [0.2, 0.25) is 5.91 Å². The lowest BCUT2D eigenvalue weighted by atomic mass is 9.80.